The lowest BCUT2D eigenvalue weighted by Gasteiger charge is -2.32. The lowest BCUT2D eigenvalue weighted by atomic mass is 9.79. The van der Waals surface area contributed by atoms with Crippen LogP contribution in [0.25, 0.3) is 189 Å². The summed E-state index contributed by atoms with van der Waals surface area (Å²) in [6.45, 7) is 8.27. The molecule has 0 N–H and O–H groups in total. The Kier molecular flexibility index (Phi) is 16.9. The molecule has 21 rings (SSSR count). The van der Waals surface area contributed by atoms with Gasteiger partial charge in [-0.3, -0.25) is 0 Å². The van der Waals surface area contributed by atoms with E-state index in [1.807, 2.05) is 158 Å². The summed E-state index contributed by atoms with van der Waals surface area (Å²) < 4.78 is 37.3. The van der Waals surface area contributed by atoms with Crippen molar-refractivity contribution in [1.82, 2.24) is 29.9 Å². The highest BCUT2D eigenvalue weighted by molar-refractivity contribution is 6.62. The van der Waals surface area contributed by atoms with Crippen molar-refractivity contribution in [2.75, 3.05) is 0 Å². The van der Waals surface area contributed by atoms with Gasteiger partial charge in [0.15, 0.2) is 29.1 Å². The molecular weight excluding hydrogens is 1380 g/mol. The van der Waals surface area contributed by atoms with Gasteiger partial charge in [-0.05, 0) is 156 Å². The third kappa shape index (κ3) is 12.7. The van der Waals surface area contributed by atoms with Gasteiger partial charge in [-0.25, -0.2) is 19.9 Å². The Morgan fingerprint density at radius 3 is 0.964 bits per heavy atom. The van der Waals surface area contributed by atoms with Crippen LogP contribution in [-0.2, 0) is 9.31 Å². The predicted octanol–water partition coefficient (Wildman–Crippen LogP) is 25.0. The quantitative estimate of drug-likeness (QED) is 0.120. The van der Waals surface area contributed by atoms with Gasteiger partial charge >= 0.3 is 7.12 Å². The molecule has 20 aromatic rings. The molecule has 14 heteroatoms. The van der Waals surface area contributed by atoms with Crippen LogP contribution in [0.2, 0.25) is 5.28 Å². The molecule has 0 bridgehead atoms. The molecule has 0 spiro atoms. The van der Waals surface area contributed by atoms with E-state index >= 15 is 0 Å². The van der Waals surface area contributed by atoms with Gasteiger partial charge in [-0.2, -0.15) is 9.97 Å². The zero-order valence-electron chi connectivity index (χ0n) is 60.3. The Balaban J connectivity index is 0.000000118. The monoisotopic (exact) mass is 1440 g/mol. The van der Waals surface area contributed by atoms with Crippen molar-refractivity contribution >= 4 is 112 Å². The minimum atomic E-state index is -0.392. The molecule has 6 aromatic heterocycles. The third-order valence-corrected chi connectivity index (χ3v) is 21.2. The number of halogens is 1. The summed E-state index contributed by atoms with van der Waals surface area (Å²) in [6.07, 6.45) is 0. The minimum absolute atomic E-state index is 0.154. The number of furan rings is 4. The Labute approximate surface area is 638 Å². The average molecular weight is 1450 g/mol. The number of nitrogens with zero attached hydrogens (tertiary/aromatic N) is 6. The van der Waals surface area contributed by atoms with Gasteiger partial charge in [0.1, 0.15) is 44.7 Å². The fraction of sp³-hybridized carbons (Fsp3) is 0.0625. The summed E-state index contributed by atoms with van der Waals surface area (Å²) in [6, 6.07) is 111. The molecule has 0 amide bonds. The lowest BCUT2D eigenvalue weighted by molar-refractivity contribution is 0.00578. The molecule has 0 radical (unpaired) electrons. The molecule has 0 atom stereocenters. The van der Waals surface area contributed by atoms with Crippen molar-refractivity contribution in [3.63, 3.8) is 0 Å². The Morgan fingerprint density at radius 1 is 0.236 bits per heavy atom. The standard InChI is InChI=1S/C45H27N3O2.C27H16ClN3O.C24H23BO3/c1-3-10-28(11-4-1)29-18-20-31(21-19-29)43-46-44(32-22-24-36-35-14-7-8-16-38(35)49-40(36)26-32)48-45(47-43)33-23-25-37-41(27-33)50-39-17-9-15-34(42(37)39)30-12-5-2-6-13-30;28-27-30-25(19-12-10-18(11-13-19)17-6-2-1-3-7-17)29-26(31-27)20-14-15-22-21-8-4-5-9-23(21)32-24(22)16-20;1-23(2)24(3,4)28-25(27-23)17-13-14-19-21(15-17)26-20-12-8-11-18(22(19)20)16-9-6-5-7-10-16/h1-27H;1-16H;5-15H,1-4H3. The highest BCUT2D eigenvalue weighted by atomic mass is 35.5. The third-order valence-electron chi connectivity index (χ3n) is 21.0. The van der Waals surface area contributed by atoms with Crippen molar-refractivity contribution < 1.29 is 27.0 Å². The van der Waals surface area contributed by atoms with Crippen molar-refractivity contribution in [3.8, 4) is 101 Å². The van der Waals surface area contributed by atoms with Gasteiger partial charge in [0.05, 0.1) is 11.2 Å². The maximum absolute atomic E-state index is 6.46. The van der Waals surface area contributed by atoms with Crippen molar-refractivity contribution in [1.29, 1.82) is 0 Å². The summed E-state index contributed by atoms with van der Waals surface area (Å²) in [5, 5.41) is 8.82. The first kappa shape index (κ1) is 67.2. The molecule has 1 aliphatic rings. The second kappa shape index (κ2) is 27.7. The van der Waals surface area contributed by atoms with E-state index in [9.17, 15) is 0 Å². The second-order valence-electron chi connectivity index (χ2n) is 28.4. The molecule has 1 saturated heterocycles. The summed E-state index contributed by atoms with van der Waals surface area (Å²) in [4.78, 5) is 28.5. The van der Waals surface area contributed by atoms with Crippen molar-refractivity contribution in [3.05, 3.63) is 333 Å². The van der Waals surface area contributed by atoms with Crippen LogP contribution >= 0.6 is 11.6 Å². The molecule has 0 aliphatic carbocycles. The van der Waals surface area contributed by atoms with Crippen molar-refractivity contribution in [2.45, 2.75) is 38.9 Å². The zero-order valence-corrected chi connectivity index (χ0v) is 61.0. The number of hydrogen-bond acceptors (Lipinski definition) is 12. The topological polar surface area (TPSA) is 148 Å². The summed E-state index contributed by atoms with van der Waals surface area (Å²) in [7, 11) is -0.392. The van der Waals surface area contributed by atoms with E-state index in [4.69, 9.17) is 53.5 Å². The Bertz CT molecular complexity index is 6850. The maximum atomic E-state index is 6.46. The number of aromatic nitrogens is 6. The van der Waals surface area contributed by atoms with Gasteiger partial charge in [0.25, 0.3) is 0 Å². The number of fused-ring (bicyclic) bond motifs is 12. The minimum Gasteiger partial charge on any atom is -0.456 e. The van der Waals surface area contributed by atoms with E-state index < -0.39 is 7.12 Å². The molecule has 14 aromatic carbocycles. The second-order valence-corrected chi connectivity index (χ2v) is 28.7. The van der Waals surface area contributed by atoms with Crippen LogP contribution in [0.3, 0.4) is 0 Å². The molecule has 0 unspecified atom stereocenters. The largest absolute Gasteiger partial charge is 0.494 e. The molecule has 110 heavy (non-hydrogen) atoms. The van der Waals surface area contributed by atoms with E-state index in [2.05, 4.69) is 213 Å². The fourth-order valence-corrected chi connectivity index (χ4v) is 14.8. The SMILES string of the molecule is CC1(C)OB(c2ccc3c(c2)oc2cccc(-c4ccccc4)c23)OC1(C)C.Clc1nc(-c2ccc(-c3ccccc3)cc2)nc(-c2ccc3c(c2)oc2ccccc23)n1.c1ccc(-c2ccc(-c3nc(-c4ccc5c(c4)oc4ccccc45)nc(-c4ccc5c(c4)oc4cccc(-c6ccccc6)c45)n3)cc2)cc1. The van der Waals surface area contributed by atoms with Gasteiger partial charge in [-0.15, -0.1) is 0 Å². The van der Waals surface area contributed by atoms with Gasteiger partial charge in [0.2, 0.25) is 5.28 Å². The molecule has 1 aliphatic heterocycles. The summed E-state index contributed by atoms with van der Waals surface area (Å²) >= 11 is 6.27. The number of rotatable bonds is 10. The van der Waals surface area contributed by atoms with E-state index in [0.717, 1.165) is 154 Å². The molecule has 0 saturated carbocycles. The highest BCUT2D eigenvalue weighted by Gasteiger charge is 2.52. The highest BCUT2D eigenvalue weighted by Crippen LogP contribution is 2.43. The van der Waals surface area contributed by atoms with Crippen LogP contribution in [0.1, 0.15) is 27.7 Å². The summed E-state index contributed by atoms with van der Waals surface area (Å²) in [5.74, 6) is 2.76. The number of hydrogen-bond donors (Lipinski definition) is 0. The summed E-state index contributed by atoms with van der Waals surface area (Å²) in [5.41, 5.74) is 20.4. The molecule has 1 fully saturated rings. The molecular formula is C96H66BClN6O6. The first-order chi connectivity index (χ1) is 53.8. The van der Waals surface area contributed by atoms with E-state index in [1.165, 1.54) is 11.1 Å². The number of benzene rings is 14. The van der Waals surface area contributed by atoms with Gasteiger partial charge < -0.3 is 27.0 Å². The predicted molar refractivity (Wildman–Crippen MR) is 445 cm³/mol. The fourth-order valence-electron chi connectivity index (χ4n) is 14.6. The Morgan fingerprint density at radius 2 is 0.527 bits per heavy atom. The zero-order chi connectivity index (χ0) is 74.0. The van der Waals surface area contributed by atoms with Crippen molar-refractivity contribution in [2.24, 2.45) is 0 Å². The molecule has 12 nitrogen and oxygen atoms in total. The van der Waals surface area contributed by atoms with Crippen LogP contribution in [-0.4, -0.2) is 48.2 Å². The normalized spacial score (nSPS) is 13.2. The van der Waals surface area contributed by atoms with Gasteiger partial charge in [-0.1, -0.05) is 261 Å². The molecule has 7 heterocycles. The first-order valence-corrected chi connectivity index (χ1v) is 36.9. The average Bonchev–Trinajstić information content (AvgIpc) is 1.59. The van der Waals surface area contributed by atoms with Crippen LogP contribution in [0.4, 0.5) is 0 Å². The van der Waals surface area contributed by atoms with Crippen LogP contribution in [0, 0.1) is 0 Å². The number of para-hydroxylation sites is 2. The first-order valence-electron chi connectivity index (χ1n) is 36.6. The van der Waals surface area contributed by atoms with E-state index in [-0.39, 0.29) is 16.5 Å². The van der Waals surface area contributed by atoms with Crippen LogP contribution in [0.15, 0.2) is 345 Å². The van der Waals surface area contributed by atoms with Crippen LogP contribution < -0.4 is 5.46 Å². The van der Waals surface area contributed by atoms with E-state index in [1.54, 1.807) is 0 Å². The smallest absolute Gasteiger partial charge is 0.456 e. The van der Waals surface area contributed by atoms with Gasteiger partial charge in [0, 0.05) is 70.9 Å². The van der Waals surface area contributed by atoms with E-state index in [0.29, 0.717) is 29.1 Å². The molecule has 526 valence electrons. The lowest BCUT2D eigenvalue weighted by Crippen LogP contribution is -2.41. The Hall–Kier alpha value is -13.4. The van der Waals surface area contributed by atoms with Crippen LogP contribution in [0.5, 0.6) is 0 Å². The maximum Gasteiger partial charge on any atom is 0.494 e.